The Hall–Kier alpha value is -0.990. The van der Waals surface area contributed by atoms with Crippen LogP contribution in [-0.2, 0) is 25.9 Å². The molecule has 1 aromatic rings. The average molecular weight is 340 g/mol. The summed E-state index contributed by atoms with van der Waals surface area (Å²) in [5.41, 5.74) is 1.10. The molecule has 128 valence electrons. The van der Waals surface area contributed by atoms with Crippen LogP contribution in [0.2, 0.25) is 0 Å². The summed E-state index contributed by atoms with van der Waals surface area (Å²) in [4.78, 5) is 0.156. The van der Waals surface area contributed by atoms with E-state index in [4.69, 9.17) is 14.6 Å². The molecule has 1 spiro atoms. The highest BCUT2D eigenvalue weighted by molar-refractivity contribution is 7.89. The highest BCUT2D eigenvalue weighted by Crippen LogP contribution is 2.35. The summed E-state index contributed by atoms with van der Waals surface area (Å²) < 4.78 is 33.9. The molecule has 0 aromatic heterocycles. The Bertz CT molecular complexity index is 614. The summed E-state index contributed by atoms with van der Waals surface area (Å²) in [6.45, 7) is 2.30. The molecule has 0 bridgehead atoms. The number of ether oxygens (including phenoxy) is 2. The monoisotopic (exact) mass is 340 g/mol. The van der Waals surface area contributed by atoms with E-state index in [-0.39, 0.29) is 10.7 Å². The number of sulfonamides is 1. The molecule has 0 radical (unpaired) electrons. The summed E-state index contributed by atoms with van der Waals surface area (Å²) in [5.74, 6) is -0.304. The number of nitrogens with one attached hydrogen (secondary N) is 1. The molecule has 1 aromatic carbocycles. The molecule has 0 amide bonds. The second-order valence-electron chi connectivity index (χ2n) is 6.27. The number of benzene rings is 1. The lowest BCUT2D eigenvalue weighted by atomic mass is 9.90. The van der Waals surface area contributed by atoms with Gasteiger partial charge >= 0.3 is 0 Å². The molecule has 0 atom stereocenters. The minimum Gasteiger partial charge on any atom is -0.348 e. The van der Waals surface area contributed by atoms with Crippen LogP contribution in [0, 0.1) is 0 Å². The van der Waals surface area contributed by atoms with Crippen LogP contribution in [0.5, 0.6) is 0 Å². The van der Waals surface area contributed by atoms with E-state index >= 15 is 0 Å². The van der Waals surface area contributed by atoms with E-state index in [2.05, 4.69) is 5.32 Å². The molecule has 1 saturated carbocycles. The maximum atomic E-state index is 11.2. The van der Waals surface area contributed by atoms with Gasteiger partial charge in [0.2, 0.25) is 10.0 Å². The largest absolute Gasteiger partial charge is 0.348 e. The molecule has 1 saturated heterocycles. The summed E-state index contributed by atoms with van der Waals surface area (Å²) >= 11 is 0. The fraction of sp³-hybridized carbons (Fsp3) is 0.625. The minimum absolute atomic E-state index is 0.156. The van der Waals surface area contributed by atoms with Crippen molar-refractivity contribution in [3.05, 3.63) is 29.8 Å². The molecule has 6 nitrogen and oxygen atoms in total. The van der Waals surface area contributed by atoms with E-state index in [9.17, 15) is 8.42 Å². The first-order valence-electron chi connectivity index (χ1n) is 8.10. The molecule has 3 N–H and O–H groups in total. The van der Waals surface area contributed by atoms with Crippen molar-refractivity contribution in [2.45, 2.75) is 48.8 Å². The molecule has 2 aliphatic rings. The molecule has 1 aliphatic carbocycles. The zero-order valence-corrected chi connectivity index (χ0v) is 14.0. The second kappa shape index (κ2) is 6.86. The zero-order chi connectivity index (χ0) is 16.3. The SMILES string of the molecule is NS(=O)(=O)c1ccc(CCNC2CCC3(CC2)OCCO3)cc1. The van der Waals surface area contributed by atoms with Crippen LogP contribution in [-0.4, -0.2) is 40.0 Å². The lowest BCUT2D eigenvalue weighted by molar-refractivity contribution is -0.179. The first kappa shape index (κ1) is 16.9. The summed E-state index contributed by atoms with van der Waals surface area (Å²) in [5, 5.41) is 8.66. The van der Waals surface area contributed by atoms with Gasteiger partial charge in [-0.1, -0.05) is 12.1 Å². The smallest absolute Gasteiger partial charge is 0.238 e. The van der Waals surface area contributed by atoms with Crippen molar-refractivity contribution < 1.29 is 17.9 Å². The van der Waals surface area contributed by atoms with E-state index in [0.717, 1.165) is 44.2 Å². The lowest BCUT2D eigenvalue weighted by Crippen LogP contribution is -2.42. The van der Waals surface area contributed by atoms with Crippen molar-refractivity contribution in [3.63, 3.8) is 0 Å². The topological polar surface area (TPSA) is 90.7 Å². The second-order valence-corrected chi connectivity index (χ2v) is 7.84. The quantitative estimate of drug-likeness (QED) is 0.839. The molecule has 1 aliphatic heterocycles. The van der Waals surface area contributed by atoms with Crippen molar-refractivity contribution in [1.29, 1.82) is 0 Å². The first-order chi connectivity index (χ1) is 11.0. The molecule has 0 unspecified atom stereocenters. The third-order valence-corrected chi connectivity index (χ3v) is 5.59. The summed E-state index contributed by atoms with van der Waals surface area (Å²) in [6, 6.07) is 7.25. The third kappa shape index (κ3) is 4.30. The number of rotatable bonds is 5. The lowest BCUT2D eigenvalue weighted by Gasteiger charge is -2.35. The maximum absolute atomic E-state index is 11.2. The number of hydrogen-bond acceptors (Lipinski definition) is 5. The van der Waals surface area contributed by atoms with Gasteiger partial charge in [-0.25, -0.2) is 13.6 Å². The van der Waals surface area contributed by atoms with Gasteiger partial charge in [0.25, 0.3) is 0 Å². The Kier molecular flexibility index (Phi) is 5.03. The normalized spacial score (nSPS) is 21.8. The van der Waals surface area contributed by atoms with Crippen LogP contribution >= 0.6 is 0 Å². The van der Waals surface area contributed by atoms with Crippen molar-refractivity contribution >= 4 is 10.0 Å². The molecule has 1 heterocycles. The van der Waals surface area contributed by atoms with Gasteiger partial charge in [-0.15, -0.1) is 0 Å². The van der Waals surface area contributed by atoms with Crippen LogP contribution in [0.4, 0.5) is 0 Å². The summed E-state index contributed by atoms with van der Waals surface area (Å²) in [6.07, 6.45) is 4.88. The Labute approximate surface area is 137 Å². The first-order valence-corrected chi connectivity index (χ1v) is 9.65. The Morgan fingerprint density at radius 1 is 1.13 bits per heavy atom. The van der Waals surface area contributed by atoms with Crippen LogP contribution in [0.1, 0.15) is 31.2 Å². The highest BCUT2D eigenvalue weighted by Gasteiger charge is 2.39. The van der Waals surface area contributed by atoms with Crippen molar-refractivity contribution in [2.75, 3.05) is 19.8 Å². The van der Waals surface area contributed by atoms with E-state index < -0.39 is 10.0 Å². The Morgan fingerprint density at radius 2 is 1.74 bits per heavy atom. The molecule has 23 heavy (non-hydrogen) atoms. The van der Waals surface area contributed by atoms with Crippen LogP contribution in [0.25, 0.3) is 0 Å². The van der Waals surface area contributed by atoms with Crippen LogP contribution < -0.4 is 10.5 Å². The van der Waals surface area contributed by atoms with Gasteiger partial charge in [0.05, 0.1) is 18.1 Å². The third-order valence-electron chi connectivity index (χ3n) is 4.66. The van der Waals surface area contributed by atoms with Gasteiger partial charge in [-0.05, 0) is 43.5 Å². The molecule has 3 rings (SSSR count). The molecular formula is C16H24N2O4S. The minimum atomic E-state index is -3.61. The van der Waals surface area contributed by atoms with E-state index in [1.165, 1.54) is 0 Å². The van der Waals surface area contributed by atoms with Gasteiger partial charge in [-0.2, -0.15) is 0 Å². The van der Waals surface area contributed by atoms with Gasteiger partial charge < -0.3 is 14.8 Å². The van der Waals surface area contributed by atoms with Crippen molar-refractivity contribution in [1.82, 2.24) is 5.32 Å². The molecule has 7 heteroatoms. The fourth-order valence-corrected chi connectivity index (χ4v) is 3.83. The fourth-order valence-electron chi connectivity index (χ4n) is 3.31. The maximum Gasteiger partial charge on any atom is 0.238 e. The van der Waals surface area contributed by atoms with E-state index in [1.54, 1.807) is 12.1 Å². The predicted octanol–water partition coefficient (Wildman–Crippen LogP) is 1.15. The van der Waals surface area contributed by atoms with Gasteiger partial charge in [-0.3, -0.25) is 0 Å². The summed E-state index contributed by atoms with van der Waals surface area (Å²) in [7, 11) is -3.61. The number of primary sulfonamides is 1. The highest BCUT2D eigenvalue weighted by atomic mass is 32.2. The molecule has 2 fully saturated rings. The Balaban J connectivity index is 1.42. The standard InChI is InChI=1S/C16H24N2O4S/c17-23(19,20)15-3-1-13(2-4-15)7-10-18-14-5-8-16(9-6-14)21-11-12-22-16/h1-4,14,18H,5-12H2,(H2,17,19,20). The Morgan fingerprint density at radius 3 is 2.30 bits per heavy atom. The van der Waals surface area contributed by atoms with Gasteiger partial charge in [0.15, 0.2) is 5.79 Å². The van der Waals surface area contributed by atoms with E-state index in [1.807, 2.05) is 12.1 Å². The van der Waals surface area contributed by atoms with Crippen molar-refractivity contribution in [3.8, 4) is 0 Å². The van der Waals surface area contributed by atoms with Gasteiger partial charge in [0, 0.05) is 18.9 Å². The number of nitrogens with two attached hydrogens (primary N) is 1. The van der Waals surface area contributed by atoms with Crippen molar-refractivity contribution in [2.24, 2.45) is 5.14 Å². The van der Waals surface area contributed by atoms with Crippen LogP contribution in [0.15, 0.2) is 29.2 Å². The number of hydrogen-bond donors (Lipinski definition) is 2. The van der Waals surface area contributed by atoms with Gasteiger partial charge in [0.1, 0.15) is 0 Å². The van der Waals surface area contributed by atoms with Crippen LogP contribution in [0.3, 0.4) is 0 Å². The molecular weight excluding hydrogens is 316 g/mol. The predicted molar refractivity (Wildman–Crippen MR) is 86.4 cm³/mol. The zero-order valence-electron chi connectivity index (χ0n) is 13.2. The average Bonchev–Trinajstić information content (AvgIpc) is 2.97. The van der Waals surface area contributed by atoms with E-state index in [0.29, 0.717) is 19.3 Å².